The molecule has 0 fully saturated rings. The number of carbonyl (C=O) groups excluding carboxylic acids is 2. The molecule has 0 saturated carbocycles. The quantitative estimate of drug-likeness (QED) is 0.295. The Labute approximate surface area is 202 Å². The van der Waals surface area contributed by atoms with Crippen molar-refractivity contribution in [2.75, 3.05) is 13.2 Å². The van der Waals surface area contributed by atoms with Crippen LogP contribution >= 0.6 is 11.6 Å². The van der Waals surface area contributed by atoms with E-state index in [0.717, 1.165) is 16.6 Å². The van der Waals surface area contributed by atoms with Gasteiger partial charge in [-0.25, -0.2) is 4.79 Å². The second-order valence-electron chi connectivity index (χ2n) is 8.70. The Morgan fingerprint density at radius 2 is 1.79 bits per heavy atom. The monoisotopic (exact) mass is 486 g/mol. The van der Waals surface area contributed by atoms with Gasteiger partial charge in [-0.05, 0) is 50.6 Å². The Balaban J connectivity index is 1.67. The zero-order valence-electron chi connectivity index (χ0n) is 19.2. The normalized spacial score (nSPS) is 11.3. The number of rotatable bonds is 9. The molecule has 180 valence electrons. The van der Waals surface area contributed by atoms with Gasteiger partial charge in [0.25, 0.3) is 0 Å². The van der Waals surface area contributed by atoms with Crippen molar-refractivity contribution in [1.29, 1.82) is 0 Å². The van der Waals surface area contributed by atoms with Crippen molar-refractivity contribution in [3.63, 3.8) is 0 Å². The Hall–Kier alpha value is -3.52. The highest BCUT2D eigenvalue weighted by Gasteiger charge is 2.21. The van der Waals surface area contributed by atoms with Gasteiger partial charge in [-0.2, -0.15) is 0 Å². The number of fused-ring (bicyclic) bond motifs is 1. The number of hydrogen-bond donors (Lipinski definition) is 3. The van der Waals surface area contributed by atoms with Gasteiger partial charge in [0.15, 0.2) is 0 Å². The van der Waals surface area contributed by atoms with E-state index in [9.17, 15) is 14.4 Å². The fourth-order valence-electron chi connectivity index (χ4n) is 3.27. The summed E-state index contributed by atoms with van der Waals surface area (Å²) in [5.41, 5.74) is 2.18. The number of aromatic nitrogens is 1. The third-order valence-electron chi connectivity index (χ3n) is 4.81. The lowest BCUT2D eigenvalue weighted by molar-refractivity contribution is -0.138. The molecule has 3 rings (SSSR count). The summed E-state index contributed by atoms with van der Waals surface area (Å²) < 4.78 is 11.1. The highest BCUT2D eigenvalue weighted by atomic mass is 35.5. The smallest absolute Gasteiger partial charge is 0.340 e. The number of carboxylic acid groups (broad SMARTS) is 1. The number of ether oxygens (including phenoxy) is 2. The van der Waals surface area contributed by atoms with Crippen LogP contribution in [0.2, 0.25) is 5.02 Å². The standard InChI is InChI=1S/C25H27ClN2O6/c1-25(2,3)34-24(32)19-14-28-21-13-20(26)17(12-18(19)21)15-4-6-16(7-5-15)33-11-10-27-22(29)8-9-23(30)31/h4-7,12-14,28H,8-11H2,1-3H3,(H,27,29)(H,30,31). The largest absolute Gasteiger partial charge is 0.492 e. The van der Waals surface area contributed by atoms with Crippen LogP contribution in [0.25, 0.3) is 22.0 Å². The summed E-state index contributed by atoms with van der Waals surface area (Å²) in [5, 5.41) is 12.4. The Bertz CT molecular complexity index is 1190. The van der Waals surface area contributed by atoms with E-state index in [0.29, 0.717) is 21.7 Å². The number of carboxylic acids is 1. The lowest BCUT2D eigenvalue weighted by Gasteiger charge is -2.19. The van der Waals surface area contributed by atoms with E-state index in [4.69, 9.17) is 26.2 Å². The van der Waals surface area contributed by atoms with Crippen molar-refractivity contribution < 1.29 is 29.0 Å². The average Bonchev–Trinajstić information content (AvgIpc) is 3.17. The van der Waals surface area contributed by atoms with Crippen LogP contribution in [0, 0.1) is 0 Å². The van der Waals surface area contributed by atoms with E-state index in [2.05, 4.69) is 10.3 Å². The number of aromatic amines is 1. The van der Waals surface area contributed by atoms with Crippen molar-refractivity contribution in [3.05, 3.63) is 53.2 Å². The number of carbonyl (C=O) groups is 3. The lowest BCUT2D eigenvalue weighted by atomic mass is 10.0. The number of hydrogen-bond acceptors (Lipinski definition) is 5. The minimum atomic E-state index is -1.01. The van der Waals surface area contributed by atoms with Crippen LogP contribution in [0.1, 0.15) is 44.0 Å². The molecule has 0 atom stereocenters. The van der Waals surface area contributed by atoms with Gasteiger partial charge in [0.1, 0.15) is 18.0 Å². The number of amides is 1. The molecule has 9 heteroatoms. The second kappa shape index (κ2) is 10.6. The summed E-state index contributed by atoms with van der Waals surface area (Å²) in [6, 6.07) is 10.9. The number of nitrogens with one attached hydrogen (secondary N) is 2. The Kier molecular flexibility index (Phi) is 7.83. The number of halogens is 1. The second-order valence-corrected chi connectivity index (χ2v) is 9.11. The average molecular weight is 487 g/mol. The first-order valence-electron chi connectivity index (χ1n) is 10.8. The first-order valence-corrected chi connectivity index (χ1v) is 11.2. The van der Waals surface area contributed by atoms with Crippen LogP contribution in [-0.4, -0.2) is 46.7 Å². The molecule has 1 heterocycles. The van der Waals surface area contributed by atoms with Crippen molar-refractivity contribution in [2.45, 2.75) is 39.2 Å². The molecule has 0 radical (unpaired) electrons. The molecule has 0 aliphatic carbocycles. The molecule has 1 amide bonds. The predicted molar refractivity (Wildman–Crippen MR) is 129 cm³/mol. The first kappa shape index (κ1) is 25.1. The maximum atomic E-state index is 12.6. The first-order chi connectivity index (χ1) is 16.0. The van der Waals surface area contributed by atoms with Crippen molar-refractivity contribution in [2.24, 2.45) is 0 Å². The van der Waals surface area contributed by atoms with Gasteiger partial charge < -0.3 is 24.9 Å². The number of aliphatic carboxylic acids is 1. The molecule has 3 aromatic rings. The maximum absolute atomic E-state index is 12.6. The summed E-state index contributed by atoms with van der Waals surface area (Å²) in [6.45, 7) is 5.97. The SMILES string of the molecule is CC(C)(C)OC(=O)c1c[nH]c2cc(Cl)c(-c3ccc(OCCNC(=O)CCC(=O)O)cc3)cc12. The molecule has 1 aromatic heterocycles. The van der Waals surface area contributed by atoms with E-state index in [1.54, 1.807) is 24.4 Å². The van der Waals surface area contributed by atoms with Gasteiger partial charge in [-0.15, -0.1) is 0 Å². The Morgan fingerprint density at radius 3 is 2.44 bits per heavy atom. The molecule has 2 aromatic carbocycles. The molecule has 0 bridgehead atoms. The zero-order valence-corrected chi connectivity index (χ0v) is 20.0. The van der Waals surface area contributed by atoms with E-state index < -0.39 is 17.5 Å². The van der Waals surface area contributed by atoms with E-state index in [-0.39, 0.29) is 31.9 Å². The molecule has 0 unspecified atom stereocenters. The molecule has 0 aliphatic heterocycles. The molecular formula is C25H27ClN2O6. The maximum Gasteiger partial charge on any atom is 0.340 e. The van der Waals surface area contributed by atoms with Gasteiger partial charge in [-0.1, -0.05) is 23.7 Å². The minimum Gasteiger partial charge on any atom is -0.492 e. The molecule has 0 aliphatic rings. The van der Waals surface area contributed by atoms with Crippen LogP contribution in [-0.2, 0) is 14.3 Å². The topological polar surface area (TPSA) is 118 Å². The van der Waals surface area contributed by atoms with Gasteiger partial charge in [0.2, 0.25) is 5.91 Å². The van der Waals surface area contributed by atoms with Crippen LogP contribution in [0.3, 0.4) is 0 Å². The Morgan fingerprint density at radius 1 is 1.09 bits per heavy atom. The van der Waals surface area contributed by atoms with E-state index >= 15 is 0 Å². The highest BCUT2D eigenvalue weighted by Crippen LogP contribution is 2.34. The predicted octanol–water partition coefficient (Wildman–Crippen LogP) is 4.80. The van der Waals surface area contributed by atoms with Crippen LogP contribution in [0.4, 0.5) is 0 Å². The molecule has 3 N–H and O–H groups in total. The van der Waals surface area contributed by atoms with Gasteiger partial charge in [0, 0.05) is 29.1 Å². The summed E-state index contributed by atoms with van der Waals surface area (Å²) >= 11 is 6.51. The van der Waals surface area contributed by atoms with Gasteiger partial charge >= 0.3 is 11.9 Å². The third-order valence-corrected chi connectivity index (χ3v) is 5.13. The van der Waals surface area contributed by atoms with Gasteiger partial charge in [-0.3, -0.25) is 9.59 Å². The van der Waals surface area contributed by atoms with Crippen LogP contribution < -0.4 is 10.1 Å². The van der Waals surface area contributed by atoms with E-state index in [1.807, 2.05) is 39.0 Å². The minimum absolute atomic E-state index is 0.0636. The van der Waals surface area contributed by atoms with Crippen molar-refractivity contribution >= 4 is 40.3 Å². The van der Waals surface area contributed by atoms with E-state index in [1.165, 1.54) is 0 Å². The fraction of sp³-hybridized carbons (Fsp3) is 0.320. The van der Waals surface area contributed by atoms with Crippen molar-refractivity contribution in [3.8, 4) is 16.9 Å². The summed E-state index contributed by atoms with van der Waals surface area (Å²) in [5.74, 6) is -1.15. The molecule has 8 nitrogen and oxygen atoms in total. The fourth-order valence-corrected chi connectivity index (χ4v) is 3.54. The lowest BCUT2D eigenvalue weighted by Crippen LogP contribution is -2.28. The highest BCUT2D eigenvalue weighted by molar-refractivity contribution is 6.34. The summed E-state index contributed by atoms with van der Waals surface area (Å²) in [7, 11) is 0. The third kappa shape index (κ3) is 6.74. The molecule has 34 heavy (non-hydrogen) atoms. The summed E-state index contributed by atoms with van der Waals surface area (Å²) in [6.07, 6.45) is 1.35. The number of esters is 1. The van der Waals surface area contributed by atoms with Gasteiger partial charge in [0.05, 0.1) is 23.6 Å². The number of benzene rings is 2. The van der Waals surface area contributed by atoms with Crippen LogP contribution in [0.15, 0.2) is 42.6 Å². The zero-order chi connectivity index (χ0) is 24.9. The van der Waals surface area contributed by atoms with Crippen LogP contribution in [0.5, 0.6) is 5.75 Å². The molecule has 0 saturated heterocycles. The molecular weight excluding hydrogens is 460 g/mol. The number of H-pyrrole nitrogens is 1. The van der Waals surface area contributed by atoms with Crippen molar-refractivity contribution in [1.82, 2.24) is 10.3 Å². The summed E-state index contributed by atoms with van der Waals surface area (Å²) in [4.78, 5) is 37.7. The molecule has 0 spiro atoms.